The normalized spacial score (nSPS) is 11.2. The molecule has 4 nitrogen and oxygen atoms in total. The van der Waals surface area contributed by atoms with E-state index in [9.17, 15) is 8.78 Å². The Morgan fingerprint density at radius 2 is 1.67 bits per heavy atom. The Balaban J connectivity index is 2.01. The van der Waals surface area contributed by atoms with E-state index in [4.69, 9.17) is 9.47 Å². The summed E-state index contributed by atoms with van der Waals surface area (Å²) in [5.74, 6) is -2.15. The third-order valence-corrected chi connectivity index (χ3v) is 2.49. The van der Waals surface area contributed by atoms with Crippen LogP contribution in [0.3, 0.4) is 0 Å². The van der Waals surface area contributed by atoms with Gasteiger partial charge in [-0.1, -0.05) is 30.3 Å². The van der Waals surface area contributed by atoms with Gasteiger partial charge in [-0.25, -0.2) is 8.78 Å². The third kappa shape index (κ3) is 5.33. The highest BCUT2D eigenvalue weighted by molar-refractivity contribution is 5.22. The van der Waals surface area contributed by atoms with Gasteiger partial charge in [0.2, 0.25) is 11.8 Å². The number of alkyl halides is 2. The van der Waals surface area contributed by atoms with Gasteiger partial charge in [0.05, 0.1) is 6.07 Å². The Morgan fingerprint density at radius 3 is 2.29 bits per heavy atom. The number of aromatic nitrogens is 2. The molecular weight excluding hydrogens is 278 g/mol. The molecule has 21 heavy (non-hydrogen) atoms. The second-order valence-electron chi connectivity index (χ2n) is 4.72. The molecule has 0 amide bonds. The first-order chi connectivity index (χ1) is 9.92. The zero-order chi connectivity index (χ0) is 15.3. The molecule has 112 valence electrons. The van der Waals surface area contributed by atoms with Crippen LogP contribution in [-0.4, -0.2) is 22.5 Å². The predicted molar refractivity (Wildman–Crippen MR) is 73.7 cm³/mol. The fourth-order valence-corrected chi connectivity index (χ4v) is 1.59. The van der Waals surface area contributed by atoms with E-state index in [1.165, 1.54) is 6.07 Å². The van der Waals surface area contributed by atoms with E-state index >= 15 is 0 Å². The minimum Gasteiger partial charge on any atom is -0.473 e. The van der Waals surface area contributed by atoms with Crippen molar-refractivity contribution < 1.29 is 18.3 Å². The Kier molecular flexibility index (Phi) is 4.67. The number of rotatable bonds is 6. The lowest BCUT2D eigenvalue weighted by atomic mass is 10.2. The van der Waals surface area contributed by atoms with Gasteiger partial charge in [-0.3, -0.25) is 0 Å². The molecule has 0 saturated heterocycles. The van der Waals surface area contributed by atoms with Gasteiger partial charge in [0, 0.05) is 6.92 Å². The monoisotopic (exact) mass is 294 g/mol. The Hall–Kier alpha value is -2.24. The van der Waals surface area contributed by atoms with Crippen LogP contribution in [0.4, 0.5) is 8.78 Å². The summed E-state index contributed by atoms with van der Waals surface area (Å²) in [4.78, 5) is 8.04. The van der Waals surface area contributed by atoms with E-state index in [2.05, 4.69) is 9.97 Å². The molecule has 0 saturated carbocycles. The molecule has 1 aromatic heterocycles. The second kappa shape index (κ2) is 6.47. The van der Waals surface area contributed by atoms with E-state index in [1.807, 2.05) is 30.3 Å². The summed E-state index contributed by atoms with van der Waals surface area (Å²) in [6, 6.07) is 11.0. The van der Waals surface area contributed by atoms with Gasteiger partial charge >= 0.3 is 0 Å². The average molecular weight is 294 g/mol. The first kappa shape index (κ1) is 15.2. The van der Waals surface area contributed by atoms with Crippen LogP contribution in [0.25, 0.3) is 0 Å². The minimum atomic E-state index is -2.91. The van der Waals surface area contributed by atoms with Crippen molar-refractivity contribution in [3.8, 4) is 11.8 Å². The van der Waals surface area contributed by atoms with Gasteiger partial charge in [-0.05, 0) is 12.5 Å². The standard InChI is InChI=1S/C15H16F2N2O2/c1-11-18-13(20-9-12-6-4-3-5-7-12)8-14(19-11)21-10-15(2,16)17/h3-8H,9-10H2,1-2H3. The van der Waals surface area contributed by atoms with Crippen LogP contribution in [0.15, 0.2) is 36.4 Å². The molecule has 0 radical (unpaired) electrons. The van der Waals surface area contributed by atoms with E-state index in [0.717, 1.165) is 12.5 Å². The van der Waals surface area contributed by atoms with Crippen LogP contribution < -0.4 is 9.47 Å². The summed E-state index contributed by atoms with van der Waals surface area (Å²) in [5, 5.41) is 0. The molecule has 0 fully saturated rings. The van der Waals surface area contributed by atoms with Crippen LogP contribution in [0, 0.1) is 6.92 Å². The summed E-state index contributed by atoms with van der Waals surface area (Å²) in [7, 11) is 0. The number of aryl methyl sites for hydroxylation is 1. The molecule has 1 aromatic carbocycles. The smallest absolute Gasteiger partial charge is 0.278 e. The van der Waals surface area contributed by atoms with E-state index in [0.29, 0.717) is 18.3 Å². The Labute approximate surface area is 121 Å². The molecule has 1 heterocycles. The highest BCUT2D eigenvalue weighted by atomic mass is 19.3. The number of hydrogen-bond acceptors (Lipinski definition) is 4. The Bertz CT molecular complexity index is 586. The van der Waals surface area contributed by atoms with Crippen LogP contribution in [0.5, 0.6) is 11.8 Å². The van der Waals surface area contributed by atoms with Crippen molar-refractivity contribution in [2.24, 2.45) is 0 Å². The van der Waals surface area contributed by atoms with Gasteiger partial charge in [0.25, 0.3) is 5.92 Å². The molecule has 2 rings (SSSR count). The van der Waals surface area contributed by atoms with Crippen molar-refractivity contribution in [2.45, 2.75) is 26.4 Å². The summed E-state index contributed by atoms with van der Waals surface area (Å²) in [6.07, 6.45) is 0. The predicted octanol–water partition coefficient (Wildman–Crippen LogP) is 3.40. The van der Waals surface area contributed by atoms with Crippen LogP contribution in [0.1, 0.15) is 18.3 Å². The first-order valence-electron chi connectivity index (χ1n) is 6.45. The number of hydrogen-bond donors (Lipinski definition) is 0. The number of halogens is 2. The summed E-state index contributed by atoms with van der Waals surface area (Å²) >= 11 is 0. The quantitative estimate of drug-likeness (QED) is 0.819. The zero-order valence-electron chi connectivity index (χ0n) is 11.8. The summed E-state index contributed by atoms with van der Waals surface area (Å²) < 4.78 is 36.0. The maximum absolute atomic E-state index is 12.8. The van der Waals surface area contributed by atoms with Gasteiger partial charge in [-0.2, -0.15) is 9.97 Å². The molecule has 0 bridgehead atoms. The lowest BCUT2D eigenvalue weighted by Crippen LogP contribution is -2.21. The van der Waals surface area contributed by atoms with Crippen molar-refractivity contribution in [1.82, 2.24) is 9.97 Å². The lowest BCUT2D eigenvalue weighted by molar-refractivity contribution is -0.0244. The highest BCUT2D eigenvalue weighted by Gasteiger charge is 2.22. The van der Waals surface area contributed by atoms with E-state index < -0.39 is 12.5 Å². The SMILES string of the molecule is Cc1nc(OCc2ccccc2)cc(OCC(C)(F)F)n1. The number of benzene rings is 1. The topological polar surface area (TPSA) is 44.2 Å². The molecule has 0 N–H and O–H groups in total. The van der Waals surface area contributed by atoms with Crippen molar-refractivity contribution in [2.75, 3.05) is 6.61 Å². The van der Waals surface area contributed by atoms with Crippen molar-refractivity contribution in [3.63, 3.8) is 0 Å². The fraction of sp³-hybridized carbons (Fsp3) is 0.333. The molecule has 2 aromatic rings. The van der Waals surface area contributed by atoms with Crippen molar-refractivity contribution in [1.29, 1.82) is 0 Å². The van der Waals surface area contributed by atoms with Gasteiger partial charge in [0.1, 0.15) is 12.4 Å². The number of nitrogens with zero attached hydrogens (tertiary/aromatic N) is 2. The largest absolute Gasteiger partial charge is 0.473 e. The second-order valence-corrected chi connectivity index (χ2v) is 4.72. The average Bonchev–Trinajstić information content (AvgIpc) is 2.43. The maximum Gasteiger partial charge on any atom is 0.278 e. The van der Waals surface area contributed by atoms with Gasteiger partial charge in [-0.15, -0.1) is 0 Å². The minimum absolute atomic E-state index is 0.0760. The van der Waals surface area contributed by atoms with E-state index in [-0.39, 0.29) is 5.88 Å². The fourth-order valence-electron chi connectivity index (χ4n) is 1.59. The highest BCUT2D eigenvalue weighted by Crippen LogP contribution is 2.19. The molecule has 0 spiro atoms. The molecule has 0 aliphatic rings. The van der Waals surface area contributed by atoms with Crippen LogP contribution >= 0.6 is 0 Å². The Morgan fingerprint density at radius 1 is 1.05 bits per heavy atom. The van der Waals surface area contributed by atoms with Crippen molar-refractivity contribution >= 4 is 0 Å². The molecule has 0 atom stereocenters. The van der Waals surface area contributed by atoms with E-state index in [1.54, 1.807) is 6.92 Å². The maximum atomic E-state index is 12.8. The van der Waals surface area contributed by atoms with Gasteiger partial charge in [0.15, 0.2) is 6.61 Å². The van der Waals surface area contributed by atoms with Crippen LogP contribution in [-0.2, 0) is 6.61 Å². The molecule has 0 aliphatic heterocycles. The van der Waals surface area contributed by atoms with Gasteiger partial charge < -0.3 is 9.47 Å². The molecule has 0 unspecified atom stereocenters. The lowest BCUT2D eigenvalue weighted by Gasteiger charge is -2.12. The molecular formula is C15H16F2N2O2. The molecule has 6 heteroatoms. The number of ether oxygens (including phenoxy) is 2. The summed E-state index contributed by atoms with van der Waals surface area (Å²) in [5.41, 5.74) is 0.983. The van der Waals surface area contributed by atoms with Crippen molar-refractivity contribution in [3.05, 3.63) is 47.8 Å². The molecule has 0 aliphatic carbocycles. The summed E-state index contributed by atoms with van der Waals surface area (Å²) in [6.45, 7) is 2.03. The zero-order valence-corrected chi connectivity index (χ0v) is 11.8. The first-order valence-corrected chi connectivity index (χ1v) is 6.45. The third-order valence-electron chi connectivity index (χ3n) is 2.49. The van der Waals surface area contributed by atoms with Crippen LogP contribution in [0.2, 0.25) is 0 Å².